The van der Waals surface area contributed by atoms with Gasteiger partial charge in [0.1, 0.15) is 11.8 Å². The molecular weight excluding hydrogens is 254 g/mol. The molecule has 2 N–H and O–H groups in total. The zero-order chi connectivity index (χ0) is 13.9. The third-order valence-corrected chi connectivity index (χ3v) is 3.24. The van der Waals surface area contributed by atoms with Gasteiger partial charge in [-0.3, -0.25) is 0 Å². The van der Waals surface area contributed by atoms with Crippen LogP contribution in [0.2, 0.25) is 0 Å². The first-order valence-corrected chi connectivity index (χ1v) is 6.79. The van der Waals surface area contributed by atoms with E-state index >= 15 is 0 Å². The Bertz CT molecular complexity index is 700. The smallest absolute Gasteiger partial charge is 0.226 e. The van der Waals surface area contributed by atoms with Crippen LogP contribution in [0.25, 0.3) is 22.4 Å². The summed E-state index contributed by atoms with van der Waals surface area (Å²) >= 11 is 0. The molecule has 1 atom stereocenters. The van der Waals surface area contributed by atoms with Crippen LogP contribution in [0.5, 0.6) is 0 Å². The number of furan rings is 1. The summed E-state index contributed by atoms with van der Waals surface area (Å²) in [4.78, 5) is 4.42. The first-order valence-electron chi connectivity index (χ1n) is 6.79. The van der Waals surface area contributed by atoms with Crippen molar-refractivity contribution in [3.05, 3.63) is 36.4 Å². The van der Waals surface area contributed by atoms with Gasteiger partial charge in [-0.05, 0) is 25.8 Å². The van der Waals surface area contributed by atoms with Crippen LogP contribution in [0.15, 0.2) is 39.5 Å². The van der Waals surface area contributed by atoms with E-state index < -0.39 is 0 Å². The van der Waals surface area contributed by atoms with Crippen LogP contribution in [0, 0.1) is 0 Å². The minimum absolute atomic E-state index is 0.204. The molecule has 0 fully saturated rings. The van der Waals surface area contributed by atoms with E-state index in [1.807, 2.05) is 31.2 Å². The Balaban J connectivity index is 1.79. The molecule has 1 aromatic carbocycles. The summed E-state index contributed by atoms with van der Waals surface area (Å²) in [5.74, 6) is 1.22. The van der Waals surface area contributed by atoms with Crippen molar-refractivity contribution < 1.29 is 8.94 Å². The fraction of sp³-hybridized carbons (Fsp3) is 0.333. The molecule has 0 saturated heterocycles. The largest absolute Gasteiger partial charge is 0.464 e. The van der Waals surface area contributed by atoms with Crippen LogP contribution >= 0.6 is 0 Å². The van der Waals surface area contributed by atoms with Gasteiger partial charge in [-0.25, -0.2) is 0 Å². The third-order valence-electron chi connectivity index (χ3n) is 3.24. The number of hydrogen-bond donors (Lipinski definition) is 1. The summed E-state index contributed by atoms with van der Waals surface area (Å²) in [5, 5.41) is 5.02. The Morgan fingerprint density at radius 1 is 1.30 bits per heavy atom. The summed E-state index contributed by atoms with van der Waals surface area (Å²) < 4.78 is 10.8. The van der Waals surface area contributed by atoms with E-state index in [4.69, 9.17) is 14.7 Å². The second-order valence-electron chi connectivity index (χ2n) is 5.03. The van der Waals surface area contributed by atoms with Gasteiger partial charge in [0.05, 0.1) is 5.56 Å². The summed E-state index contributed by atoms with van der Waals surface area (Å²) in [6, 6.07) is 8.01. The van der Waals surface area contributed by atoms with Gasteiger partial charge in [0.15, 0.2) is 0 Å². The van der Waals surface area contributed by atoms with Crippen molar-refractivity contribution in [3.8, 4) is 11.4 Å². The Morgan fingerprint density at radius 2 is 2.15 bits per heavy atom. The molecule has 0 bridgehead atoms. The first-order chi connectivity index (χ1) is 9.74. The molecule has 0 saturated carbocycles. The zero-order valence-corrected chi connectivity index (χ0v) is 11.4. The van der Waals surface area contributed by atoms with Gasteiger partial charge in [0, 0.05) is 17.8 Å². The average Bonchev–Trinajstić information content (AvgIpc) is 3.04. The van der Waals surface area contributed by atoms with Crippen molar-refractivity contribution in [2.24, 2.45) is 5.73 Å². The molecule has 3 aromatic rings. The number of nitrogens with two attached hydrogens (primary N) is 1. The molecule has 0 aliphatic carbocycles. The van der Waals surface area contributed by atoms with E-state index in [-0.39, 0.29) is 6.04 Å². The van der Waals surface area contributed by atoms with E-state index in [0.29, 0.717) is 11.7 Å². The number of rotatable bonds is 5. The highest BCUT2D eigenvalue weighted by molar-refractivity contribution is 5.91. The molecule has 3 rings (SSSR count). The van der Waals surface area contributed by atoms with Crippen LogP contribution < -0.4 is 5.73 Å². The molecule has 5 nitrogen and oxygen atoms in total. The number of nitrogens with zero attached hydrogens (tertiary/aromatic N) is 2. The molecule has 0 spiro atoms. The summed E-state index contributed by atoms with van der Waals surface area (Å²) in [7, 11) is 0. The second-order valence-corrected chi connectivity index (χ2v) is 5.03. The molecular formula is C15H17N3O2. The normalized spacial score (nSPS) is 12.9. The van der Waals surface area contributed by atoms with Gasteiger partial charge >= 0.3 is 0 Å². The highest BCUT2D eigenvalue weighted by Crippen LogP contribution is 2.28. The minimum Gasteiger partial charge on any atom is -0.464 e. The van der Waals surface area contributed by atoms with Crippen molar-refractivity contribution in [3.63, 3.8) is 0 Å². The fourth-order valence-electron chi connectivity index (χ4n) is 2.19. The zero-order valence-electron chi connectivity index (χ0n) is 11.4. The average molecular weight is 271 g/mol. The Kier molecular flexibility index (Phi) is 3.52. The van der Waals surface area contributed by atoms with Gasteiger partial charge in [-0.1, -0.05) is 23.4 Å². The van der Waals surface area contributed by atoms with E-state index in [0.717, 1.165) is 35.8 Å². The van der Waals surface area contributed by atoms with Gasteiger partial charge < -0.3 is 14.7 Å². The van der Waals surface area contributed by atoms with Gasteiger partial charge in [-0.15, -0.1) is 0 Å². The standard InChI is InChI=1S/C15H17N3O2/c1-10(16)5-4-8-14-17-15(18-20-14)12-9-19-13-7-3-2-6-11(12)13/h2-3,6-7,9-10H,4-5,8,16H2,1H3. The van der Waals surface area contributed by atoms with Crippen LogP contribution in [-0.4, -0.2) is 16.2 Å². The summed E-state index contributed by atoms with van der Waals surface area (Å²) in [5.41, 5.74) is 7.41. The van der Waals surface area contributed by atoms with Gasteiger partial charge in [0.25, 0.3) is 0 Å². The molecule has 2 aromatic heterocycles. The molecule has 0 radical (unpaired) electrons. The maximum absolute atomic E-state index is 5.72. The van der Waals surface area contributed by atoms with E-state index in [1.54, 1.807) is 6.26 Å². The highest BCUT2D eigenvalue weighted by atomic mass is 16.5. The molecule has 1 unspecified atom stereocenters. The lowest BCUT2D eigenvalue weighted by molar-refractivity contribution is 0.373. The van der Waals surface area contributed by atoms with Crippen LogP contribution in [0.4, 0.5) is 0 Å². The number of benzene rings is 1. The summed E-state index contributed by atoms with van der Waals surface area (Å²) in [6.07, 6.45) is 4.32. The lowest BCUT2D eigenvalue weighted by atomic mass is 10.1. The predicted molar refractivity (Wildman–Crippen MR) is 76.1 cm³/mol. The van der Waals surface area contributed by atoms with Crippen LogP contribution in [0.1, 0.15) is 25.7 Å². The van der Waals surface area contributed by atoms with Crippen LogP contribution in [-0.2, 0) is 6.42 Å². The molecule has 5 heteroatoms. The SMILES string of the molecule is CC(N)CCCc1nc(-c2coc3ccccc23)no1. The van der Waals surface area contributed by atoms with E-state index in [1.165, 1.54) is 0 Å². The fourth-order valence-corrected chi connectivity index (χ4v) is 2.19. The van der Waals surface area contributed by atoms with Crippen LogP contribution in [0.3, 0.4) is 0 Å². The molecule has 20 heavy (non-hydrogen) atoms. The number of para-hydroxylation sites is 1. The quantitative estimate of drug-likeness (QED) is 0.771. The Hall–Kier alpha value is -2.14. The second kappa shape index (κ2) is 5.46. The predicted octanol–water partition coefficient (Wildman–Crippen LogP) is 3.15. The molecule has 104 valence electrons. The van der Waals surface area contributed by atoms with Gasteiger partial charge in [0.2, 0.25) is 11.7 Å². The van der Waals surface area contributed by atoms with Crippen molar-refractivity contribution in [1.29, 1.82) is 0 Å². The minimum atomic E-state index is 0.204. The molecule has 2 heterocycles. The monoisotopic (exact) mass is 271 g/mol. The lowest BCUT2D eigenvalue weighted by Crippen LogP contribution is -2.14. The first kappa shape index (κ1) is 12.9. The van der Waals surface area contributed by atoms with E-state index in [9.17, 15) is 0 Å². The molecule has 0 aliphatic rings. The maximum atomic E-state index is 5.72. The maximum Gasteiger partial charge on any atom is 0.226 e. The number of aromatic nitrogens is 2. The van der Waals surface area contributed by atoms with E-state index in [2.05, 4.69) is 10.1 Å². The number of aryl methyl sites for hydroxylation is 1. The Morgan fingerprint density at radius 3 is 3.00 bits per heavy atom. The lowest BCUT2D eigenvalue weighted by Gasteiger charge is -2.00. The highest BCUT2D eigenvalue weighted by Gasteiger charge is 2.14. The molecule has 0 aliphatic heterocycles. The number of fused-ring (bicyclic) bond motifs is 1. The van der Waals surface area contributed by atoms with Crippen molar-refractivity contribution >= 4 is 11.0 Å². The third kappa shape index (κ3) is 2.58. The topological polar surface area (TPSA) is 78.1 Å². The van der Waals surface area contributed by atoms with Gasteiger partial charge in [-0.2, -0.15) is 4.98 Å². The summed E-state index contributed by atoms with van der Waals surface area (Å²) in [6.45, 7) is 2.00. The molecule has 0 amide bonds. The Labute approximate surface area is 116 Å². The van der Waals surface area contributed by atoms with Crippen molar-refractivity contribution in [1.82, 2.24) is 10.1 Å². The van der Waals surface area contributed by atoms with Crippen molar-refractivity contribution in [2.75, 3.05) is 0 Å². The number of hydrogen-bond acceptors (Lipinski definition) is 5. The van der Waals surface area contributed by atoms with Crippen molar-refractivity contribution in [2.45, 2.75) is 32.2 Å².